The Morgan fingerprint density at radius 1 is 1.09 bits per heavy atom. The molecule has 1 amide bonds. The normalized spacial score (nSPS) is 10.2. The highest BCUT2D eigenvalue weighted by atomic mass is 35.5. The quantitative estimate of drug-likeness (QED) is 0.851. The van der Waals surface area contributed by atoms with E-state index in [1.165, 1.54) is 7.11 Å². The minimum Gasteiger partial charge on any atom is -0.495 e. The molecule has 0 heterocycles. The number of halogens is 2. The molecule has 0 radical (unpaired) electrons. The molecule has 0 aromatic heterocycles. The summed E-state index contributed by atoms with van der Waals surface area (Å²) in [6.07, 6.45) is 0. The van der Waals surface area contributed by atoms with Gasteiger partial charge in [0.05, 0.1) is 19.3 Å². The van der Waals surface area contributed by atoms with Crippen LogP contribution in [0.4, 0.5) is 11.4 Å². The third-order valence-corrected chi connectivity index (χ3v) is 3.54. The number of hydrogen-bond acceptors (Lipinski definition) is 3. The van der Waals surface area contributed by atoms with Crippen LogP contribution in [0.15, 0.2) is 36.4 Å². The summed E-state index contributed by atoms with van der Waals surface area (Å²) >= 11 is 11.9. The van der Waals surface area contributed by atoms with Gasteiger partial charge < -0.3 is 15.4 Å². The number of rotatable bonds is 5. The van der Waals surface area contributed by atoms with E-state index in [9.17, 15) is 4.79 Å². The summed E-state index contributed by atoms with van der Waals surface area (Å²) in [5.41, 5.74) is 2.36. The average Bonchev–Trinajstić information content (AvgIpc) is 2.48. The Morgan fingerprint density at radius 3 is 2.41 bits per heavy atom. The molecule has 116 valence electrons. The van der Waals surface area contributed by atoms with Crippen LogP contribution in [0.1, 0.15) is 5.56 Å². The van der Waals surface area contributed by atoms with E-state index >= 15 is 0 Å². The largest absolute Gasteiger partial charge is 0.495 e. The van der Waals surface area contributed by atoms with Gasteiger partial charge in [-0.3, -0.25) is 4.79 Å². The van der Waals surface area contributed by atoms with Gasteiger partial charge in [-0.2, -0.15) is 0 Å². The molecule has 0 spiro atoms. The van der Waals surface area contributed by atoms with Gasteiger partial charge in [-0.25, -0.2) is 0 Å². The first-order chi connectivity index (χ1) is 10.5. The number of ether oxygens (including phenoxy) is 1. The summed E-state index contributed by atoms with van der Waals surface area (Å²) in [6, 6.07) is 10.5. The number of aryl methyl sites for hydroxylation is 1. The topological polar surface area (TPSA) is 50.4 Å². The van der Waals surface area contributed by atoms with Gasteiger partial charge in [-0.15, -0.1) is 0 Å². The first kappa shape index (κ1) is 16.5. The van der Waals surface area contributed by atoms with E-state index in [1.807, 2.05) is 13.0 Å². The molecule has 2 aromatic rings. The zero-order valence-corrected chi connectivity index (χ0v) is 13.8. The molecule has 4 nitrogen and oxygen atoms in total. The number of carbonyl (C=O) groups excluding carboxylic acids is 1. The van der Waals surface area contributed by atoms with Gasteiger partial charge in [0, 0.05) is 15.7 Å². The summed E-state index contributed by atoms with van der Waals surface area (Å²) in [5.74, 6) is 0.344. The predicted octanol–water partition coefficient (Wildman–Crippen LogP) is 4.36. The Kier molecular flexibility index (Phi) is 5.52. The van der Waals surface area contributed by atoms with E-state index in [-0.39, 0.29) is 12.5 Å². The molecule has 0 atom stereocenters. The van der Waals surface area contributed by atoms with E-state index in [0.717, 1.165) is 11.3 Å². The molecule has 22 heavy (non-hydrogen) atoms. The monoisotopic (exact) mass is 338 g/mol. The maximum absolute atomic E-state index is 12.1. The summed E-state index contributed by atoms with van der Waals surface area (Å²) in [6.45, 7) is 2.05. The van der Waals surface area contributed by atoms with Crippen LogP contribution in [0.5, 0.6) is 5.75 Å². The third-order valence-electron chi connectivity index (χ3n) is 3.07. The second-order valence-electron chi connectivity index (χ2n) is 4.71. The average molecular weight is 339 g/mol. The molecule has 0 saturated heterocycles. The fraction of sp³-hybridized carbons (Fsp3) is 0.188. The van der Waals surface area contributed by atoms with Crippen LogP contribution in [-0.2, 0) is 4.79 Å². The highest BCUT2D eigenvalue weighted by Gasteiger charge is 2.09. The molecule has 0 unspecified atom stereocenters. The van der Waals surface area contributed by atoms with Crippen molar-refractivity contribution in [2.45, 2.75) is 6.92 Å². The highest BCUT2D eigenvalue weighted by Crippen LogP contribution is 2.27. The molecule has 0 aliphatic carbocycles. The van der Waals surface area contributed by atoms with Gasteiger partial charge in [0.1, 0.15) is 5.75 Å². The van der Waals surface area contributed by atoms with Crippen molar-refractivity contribution in [1.29, 1.82) is 0 Å². The highest BCUT2D eigenvalue weighted by molar-refractivity contribution is 6.31. The molecule has 6 heteroatoms. The number of hydrogen-bond donors (Lipinski definition) is 2. The molecule has 0 aliphatic rings. The van der Waals surface area contributed by atoms with E-state index in [2.05, 4.69) is 10.6 Å². The number of nitrogens with one attached hydrogen (secondary N) is 2. The first-order valence-corrected chi connectivity index (χ1v) is 7.38. The zero-order chi connectivity index (χ0) is 16.1. The molecule has 0 saturated carbocycles. The number of benzene rings is 2. The summed E-state index contributed by atoms with van der Waals surface area (Å²) in [7, 11) is 1.53. The minimum atomic E-state index is -0.208. The predicted molar refractivity (Wildman–Crippen MR) is 91.3 cm³/mol. The molecule has 2 rings (SSSR count). The fourth-order valence-electron chi connectivity index (χ4n) is 1.93. The van der Waals surface area contributed by atoms with Crippen molar-refractivity contribution in [3.05, 3.63) is 52.0 Å². The number of carbonyl (C=O) groups is 1. The van der Waals surface area contributed by atoms with Crippen LogP contribution in [0, 0.1) is 6.92 Å². The van der Waals surface area contributed by atoms with Crippen LogP contribution >= 0.6 is 23.2 Å². The van der Waals surface area contributed by atoms with Gasteiger partial charge in [0.2, 0.25) is 5.91 Å². The van der Waals surface area contributed by atoms with Gasteiger partial charge >= 0.3 is 0 Å². The molecule has 0 aliphatic heterocycles. The lowest BCUT2D eigenvalue weighted by atomic mass is 10.2. The second kappa shape index (κ2) is 7.38. The van der Waals surface area contributed by atoms with Crippen molar-refractivity contribution in [1.82, 2.24) is 0 Å². The van der Waals surface area contributed by atoms with Crippen LogP contribution < -0.4 is 15.4 Å². The van der Waals surface area contributed by atoms with Gasteiger partial charge in [-0.05, 0) is 42.8 Å². The molecular weight excluding hydrogens is 323 g/mol. The summed E-state index contributed by atoms with van der Waals surface area (Å²) < 4.78 is 5.19. The lowest BCUT2D eigenvalue weighted by Gasteiger charge is -2.12. The van der Waals surface area contributed by atoms with Crippen LogP contribution in [-0.4, -0.2) is 19.6 Å². The third kappa shape index (κ3) is 4.29. The van der Waals surface area contributed by atoms with Crippen molar-refractivity contribution >= 4 is 40.5 Å². The van der Waals surface area contributed by atoms with Crippen molar-refractivity contribution < 1.29 is 9.53 Å². The van der Waals surface area contributed by atoms with Crippen molar-refractivity contribution in [2.24, 2.45) is 0 Å². The van der Waals surface area contributed by atoms with Crippen LogP contribution in [0.25, 0.3) is 0 Å². The molecule has 2 aromatic carbocycles. The van der Waals surface area contributed by atoms with Crippen LogP contribution in [0.3, 0.4) is 0 Å². The Balaban J connectivity index is 2.01. The van der Waals surface area contributed by atoms with Crippen LogP contribution in [0.2, 0.25) is 10.0 Å². The first-order valence-electron chi connectivity index (χ1n) is 6.63. The van der Waals surface area contributed by atoms with E-state index in [1.54, 1.807) is 30.3 Å². The Labute approximate surface area is 139 Å². The smallest absolute Gasteiger partial charge is 0.243 e. The Morgan fingerprint density at radius 2 is 1.73 bits per heavy atom. The standard InChI is InChI=1S/C16H16Cl2N2O2/c1-10-3-4-11(17)7-13(10)19-9-16(21)20-14-8-12(18)5-6-15(14)22-2/h3-8,19H,9H2,1-2H3,(H,20,21). The van der Waals surface area contributed by atoms with Gasteiger partial charge in [-0.1, -0.05) is 29.3 Å². The number of amides is 1. The molecule has 0 bridgehead atoms. The van der Waals surface area contributed by atoms with Gasteiger partial charge in [0.15, 0.2) is 0 Å². The van der Waals surface area contributed by atoms with E-state index in [0.29, 0.717) is 21.5 Å². The number of anilines is 2. The Hall–Kier alpha value is -1.91. The number of methoxy groups -OCH3 is 1. The second-order valence-corrected chi connectivity index (χ2v) is 5.58. The van der Waals surface area contributed by atoms with Crippen molar-refractivity contribution in [3.8, 4) is 5.75 Å². The van der Waals surface area contributed by atoms with Gasteiger partial charge in [0.25, 0.3) is 0 Å². The molecular formula is C16H16Cl2N2O2. The maximum Gasteiger partial charge on any atom is 0.243 e. The van der Waals surface area contributed by atoms with Crippen molar-refractivity contribution in [2.75, 3.05) is 24.3 Å². The van der Waals surface area contributed by atoms with E-state index < -0.39 is 0 Å². The lowest BCUT2D eigenvalue weighted by molar-refractivity contribution is -0.114. The maximum atomic E-state index is 12.1. The molecule has 2 N–H and O–H groups in total. The SMILES string of the molecule is COc1ccc(Cl)cc1NC(=O)CNc1cc(Cl)ccc1C. The van der Waals surface area contributed by atoms with E-state index in [4.69, 9.17) is 27.9 Å². The summed E-state index contributed by atoms with van der Waals surface area (Å²) in [5, 5.41) is 6.96. The lowest BCUT2D eigenvalue weighted by Crippen LogP contribution is -2.22. The van der Waals surface area contributed by atoms with Crippen molar-refractivity contribution in [3.63, 3.8) is 0 Å². The summed E-state index contributed by atoms with van der Waals surface area (Å²) in [4.78, 5) is 12.1. The zero-order valence-electron chi connectivity index (χ0n) is 12.2. The molecule has 0 fully saturated rings. The Bertz CT molecular complexity index is 690. The fourth-order valence-corrected chi connectivity index (χ4v) is 2.28. The minimum absolute atomic E-state index is 0.108.